The molecule has 4 heterocycles. The summed E-state index contributed by atoms with van der Waals surface area (Å²) in [4.78, 5) is 27.7. The Kier molecular flexibility index (Phi) is 5.00. The predicted octanol–water partition coefficient (Wildman–Crippen LogP) is 1.77. The van der Waals surface area contributed by atoms with Crippen molar-refractivity contribution in [3.05, 3.63) is 47.7 Å². The minimum absolute atomic E-state index is 0.0887. The number of carbonyl (C=O) groups is 1. The highest BCUT2D eigenvalue weighted by atomic mass is 16.7. The highest BCUT2D eigenvalue weighted by Crippen LogP contribution is 2.31. The number of piperidine rings is 1. The van der Waals surface area contributed by atoms with E-state index in [1.54, 1.807) is 24.1 Å². The summed E-state index contributed by atoms with van der Waals surface area (Å²) in [5.74, 6) is 0.593. The molecule has 8 heteroatoms. The van der Waals surface area contributed by atoms with Gasteiger partial charge in [-0.1, -0.05) is 6.07 Å². The number of pyridine rings is 1. The number of nitrogens with one attached hydrogen (secondary N) is 1. The molecule has 2 aliphatic rings. The highest BCUT2D eigenvalue weighted by Gasteiger charge is 2.41. The molecule has 0 bridgehead atoms. The van der Waals surface area contributed by atoms with Gasteiger partial charge in [0.25, 0.3) is 5.91 Å². The van der Waals surface area contributed by atoms with Crippen LogP contribution in [0, 0.1) is 6.92 Å². The van der Waals surface area contributed by atoms with Crippen LogP contribution < -0.4 is 5.32 Å². The molecule has 2 aliphatic heterocycles. The van der Waals surface area contributed by atoms with Crippen LogP contribution >= 0.6 is 0 Å². The van der Waals surface area contributed by atoms with Gasteiger partial charge in [0, 0.05) is 38.2 Å². The van der Waals surface area contributed by atoms with E-state index in [1.807, 2.05) is 18.2 Å². The van der Waals surface area contributed by atoms with Crippen LogP contribution in [0.5, 0.6) is 0 Å². The second-order valence-electron chi connectivity index (χ2n) is 6.76. The zero-order valence-electron chi connectivity index (χ0n) is 15.4. The summed E-state index contributed by atoms with van der Waals surface area (Å²) in [6.07, 6.45) is 3.12. The van der Waals surface area contributed by atoms with Gasteiger partial charge in [-0.05, 0) is 19.1 Å². The summed E-state index contributed by atoms with van der Waals surface area (Å²) in [6, 6.07) is 7.44. The van der Waals surface area contributed by atoms with E-state index in [9.17, 15) is 4.79 Å². The van der Waals surface area contributed by atoms with Crippen LogP contribution in [0.1, 0.15) is 34.8 Å². The van der Waals surface area contributed by atoms with Crippen LogP contribution in [0.2, 0.25) is 0 Å². The zero-order chi connectivity index (χ0) is 18.7. The Morgan fingerprint density at radius 1 is 1.22 bits per heavy atom. The Balaban J connectivity index is 1.42. The molecule has 0 radical (unpaired) electrons. The van der Waals surface area contributed by atoms with Crippen molar-refractivity contribution in [1.29, 1.82) is 0 Å². The molecule has 27 heavy (non-hydrogen) atoms. The molecule has 2 aromatic rings. The zero-order valence-corrected chi connectivity index (χ0v) is 15.4. The lowest BCUT2D eigenvalue weighted by atomic mass is 10.0. The van der Waals surface area contributed by atoms with Crippen molar-refractivity contribution in [2.45, 2.75) is 32.1 Å². The fraction of sp³-hybridized carbons (Fsp3) is 0.474. The van der Waals surface area contributed by atoms with Crippen molar-refractivity contribution in [3.8, 4) is 0 Å². The molecule has 142 valence electrons. The number of aryl methyl sites for hydroxylation is 1. The molecule has 0 aromatic carbocycles. The number of aromatic nitrogens is 3. The van der Waals surface area contributed by atoms with Crippen molar-refractivity contribution in [2.24, 2.45) is 0 Å². The Morgan fingerprint density at radius 2 is 2.00 bits per heavy atom. The lowest BCUT2D eigenvalue weighted by Crippen LogP contribution is -2.47. The van der Waals surface area contributed by atoms with E-state index in [1.165, 1.54) is 0 Å². The molecule has 1 amide bonds. The quantitative estimate of drug-likeness (QED) is 0.878. The summed E-state index contributed by atoms with van der Waals surface area (Å²) in [5.41, 5.74) is 1.30. The van der Waals surface area contributed by atoms with Crippen molar-refractivity contribution in [1.82, 2.24) is 19.9 Å². The molecular formula is C19H23N5O3. The topological polar surface area (TPSA) is 89.5 Å². The summed E-state index contributed by atoms with van der Waals surface area (Å²) in [6.45, 7) is 4.77. The number of anilines is 1. The second kappa shape index (κ2) is 7.58. The number of carbonyl (C=O) groups excluding carboxylic acids is 1. The van der Waals surface area contributed by atoms with Crippen LogP contribution in [0.4, 0.5) is 5.82 Å². The van der Waals surface area contributed by atoms with Gasteiger partial charge in [-0.15, -0.1) is 0 Å². The molecule has 0 unspecified atom stereocenters. The number of hydrogen-bond donors (Lipinski definition) is 1. The van der Waals surface area contributed by atoms with Gasteiger partial charge < -0.3 is 19.7 Å². The second-order valence-corrected chi connectivity index (χ2v) is 6.76. The highest BCUT2D eigenvalue weighted by molar-refractivity contribution is 5.93. The predicted molar refractivity (Wildman–Crippen MR) is 98.1 cm³/mol. The number of hydrogen-bond acceptors (Lipinski definition) is 7. The maximum Gasteiger partial charge on any atom is 0.272 e. The van der Waals surface area contributed by atoms with E-state index in [0.717, 1.165) is 5.69 Å². The number of likely N-dealkylation sites (tertiary alicyclic amines) is 1. The first-order chi connectivity index (χ1) is 13.1. The summed E-state index contributed by atoms with van der Waals surface area (Å²) in [5, 5.41) is 3.22. The van der Waals surface area contributed by atoms with E-state index in [0.29, 0.717) is 63.0 Å². The molecule has 2 saturated heterocycles. The van der Waals surface area contributed by atoms with Crippen molar-refractivity contribution in [2.75, 3.05) is 31.6 Å². The van der Waals surface area contributed by atoms with Crippen LogP contribution in [0.3, 0.4) is 0 Å². The molecule has 4 rings (SSSR count). The third-order valence-electron chi connectivity index (χ3n) is 4.86. The molecule has 2 fully saturated rings. The normalized spacial score (nSPS) is 18.6. The fourth-order valence-electron chi connectivity index (χ4n) is 3.45. The average Bonchev–Trinajstić information content (AvgIpc) is 3.15. The number of ether oxygens (including phenoxy) is 2. The third kappa shape index (κ3) is 4.06. The van der Waals surface area contributed by atoms with E-state index >= 15 is 0 Å². The molecule has 8 nitrogen and oxygen atoms in total. The summed E-state index contributed by atoms with van der Waals surface area (Å²) in [7, 11) is 0. The van der Waals surface area contributed by atoms with E-state index in [4.69, 9.17) is 9.47 Å². The Hall–Kier alpha value is -2.58. The van der Waals surface area contributed by atoms with Crippen LogP contribution in [-0.2, 0) is 16.0 Å². The van der Waals surface area contributed by atoms with E-state index < -0.39 is 5.79 Å². The first-order valence-corrected chi connectivity index (χ1v) is 9.20. The maximum absolute atomic E-state index is 12.9. The molecule has 2 aromatic heterocycles. The number of rotatable bonds is 4. The SMILES string of the molecule is Cc1nc(NCc2ccccn2)cc(C(=O)N2CCC3(CC2)OCCO3)n1. The van der Waals surface area contributed by atoms with Gasteiger partial charge >= 0.3 is 0 Å². The summed E-state index contributed by atoms with van der Waals surface area (Å²) >= 11 is 0. The molecule has 0 aliphatic carbocycles. The Labute approximate surface area is 157 Å². The van der Waals surface area contributed by atoms with Gasteiger partial charge in [0.05, 0.1) is 25.5 Å². The van der Waals surface area contributed by atoms with Gasteiger partial charge in [0.2, 0.25) is 0 Å². The van der Waals surface area contributed by atoms with Crippen LogP contribution in [0.25, 0.3) is 0 Å². The molecular weight excluding hydrogens is 346 g/mol. The fourth-order valence-corrected chi connectivity index (χ4v) is 3.45. The lowest BCUT2D eigenvalue weighted by molar-refractivity contribution is -0.181. The number of amides is 1. The molecule has 1 spiro atoms. The van der Waals surface area contributed by atoms with Gasteiger partial charge in [-0.3, -0.25) is 9.78 Å². The third-order valence-corrected chi connectivity index (χ3v) is 4.86. The van der Waals surface area contributed by atoms with Crippen LogP contribution in [0.15, 0.2) is 30.5 Å². The van der Waals surface area contributed by atoms with E-state index in [-0.39, 0.29) is 5.91 Å². The van der Waals surface area contributed by atoms with Gasteiger partial charge in [0.15, 0.2) is 5.79 Å². The average molecular weight is 369 g/mol. The van der Waals surface area contributed by atoms with Gasteiger partial charge in [-0.2, -0.15) is 0 Å². The first-order valence-electron chi connectivity index (χ1n) is 9.20. The smallest absolute Gasteiger partial charge is 0.272 e. The molecule has 0 atom stereocenters. The largest absolute Gasteiger partial charge is 0.364 e. The van der Waals surface area contributed by atoms with Gasteiger partial charge in [-0.25, -0.2) is 9.97 Å². The van der Waals surface area contributed by atoms with Crippen molar-refractivity contribution >= 4 is 11.7 Å². The minimum atomic E-state index is -0.492. The lowest BCUT2D eigenvalue weighted by Gasteiger charge is -2.37. The minimum Gasteiger partial charge on any atom is -0.364 e. The Bertz CT molecular complexity index is 798. The standard InChI is InChI=1S/C19H23N5O3/c1-14-22-16(12-17(23-14)21-13-15-4-2-3-7-20-15)18(25)24-8-5-19(6-9-24)26-10-11-27-19/h2-4,7,12H,5-6,8-11,13H2,1H3,(H,21,22,23). The van der Waals surface area contributed by atoms with Crippen molar-refractivity contribution in [3.63, 3.8) is 0 Å². The first kappa shape index (κ1) is 17.8. The van der Waals surface area contributed by atoms with Gasteiger partial charge in [0.1, 0.15) is 17.3 Å². The molecule has 1 N–H and O–H groups in total. The monoisotopic (exact) mass is 369 g/mol. The summed E-state index contributed by atoms with van der Waals surface area (Å²) < 4.78 is 11.5. The maximum atomic E-state index is 12.9. The number of nitrogens with zero attached hydrogens (tertiary/aromatic N) is 4. The van der Waals surface area contributed by atoms with E-state index in [2.05, 4.69) is 20.3 Å². The van der Waals surface area contributed by atoms with Crippen LogP contribution in [-0.4, -0.2) is 57.8 Å². The Morgan fingerprint density at radius 3 is 2.70 bits per heavy atom. The van der Waals surface area contributed by atoms with Crippen molar-refractivity contribution < 1.29 is 14.3 Å². The molecule has 0 saturated carbocycles.